The molecule has 0 saturated heterocycles. The number of aliphatic hydroxyl groups is 1. The molecule has 1 atom stereocenters. The molecule has 4 N–H and O–H groups in total. The zero-order valence-corrected chi connectivity index (χ0v) is 15.1. The summed E-state index contributed by atoms with van der Waals surface area (Å²) in [6, 6.07) is 15.8. The first-order valence-electron chi connectivity index (χ1n) is 8.60. The van der Waals surface area contributed by atoms with Crippen LogP contribution in [0.4, 0.5) is 10.5 Å². The normalized spacial score (nSPS) is 11.6. The lowest BCUT2D eigenvalue weighted by atomic mass is 10.0. The van der Waals surface area contributed by atoms with Crippen molar-refractivity contribution in [1.82, 2.24) is 5.48 Å². The highest BCUT2D eigenvalue weighted by molar-refractivity contribution is 5.86. The van der Waals surface area contributed by atoms with Crippen molar-refractivity contribution in [2.75, 3.05) is 18.5 Å². The monoisotopic (exact) mass is 386 g/mol. The van der Waals surface area contributed by atoms with E-state index in [1.165, 1.54) is 11.6 Å². The highest BCUT2D eigenvalue weighted by Crippen LogP contribution is 2.31. The molecule has 0 fully saturated rings. The first kappa shape index (κ1) is 20.9. The van der Waals surface area contributed by atoms with Gasteiger partial charge in [0.2, 0.25) is 0 Å². The summed E-state index contributed by atoms with van der Waals surface area (Å²) < 4.78 is 11.0. The summed E-state index contributed by atoms with van der Waals surface area (Å²) in [6.45, 7) is -0.0758. The van der Waals surface area contributed by atoms with Crippen LogP contribution in [0.3, 0.4) is 0 Å². The molecule has 0 saturated carbocycles. The molecular formula is C20H22N2O6. The number of hydrogen-bond donors (Lipinski definition) is 4. The molecule has 8 nitrogen and oxygen atoms in total. The quantitative estimate of drug-likeness (QED) is 0.299. The predicted molar refractivity (Wildman–Crippen MR) is 102 cm³/mol. The Morgan fingerprint density at radius 2 is 1.79 bits per heavy atom. The molecule has 2 amide bonds. The fourth-order valence-electron chi connectivity index (χ4n) is 2.41. The minimum atomic E-state index is -0.763. The van der Waals surface area contributed by atoms with Gasteiger partial charge < -0.3 is 14.6 Å². The van der Waals surface area contributed by atoms with E-state index in [0.717, 1.165) is 6.08 Å². The van der Waals surface area contributed by atoms with Crippen LogP contribution in [0.25, 0.3) is 0 Å². The summed E-state index contributed by atoms with van der Waals surface area (Å²) in [4.78, 5) is 23.5. The van der Waals surface area contributed by atoms with Gasteiger partial charge in [0.1, 0.15) is 18.5 Å². The summed E-state index contributed by atoms with van der Waals surface area (Å²) >= 11 is 0. The van der Waals surface area contributed by atoms with Gasteiger partial charge in [-0.1, -0.05) is 42.5 Å². The number of anilines is 1. The van der Waals surface area contributed by atoms with E-state index in [1.807, 2.05) is 6.07 Å². The zero-order valence-electron chi connectivity index (χ0n) is 15.1. The molecule has 28 heavy (non-hydrogen) atoms. The van der Waals surface area contributed by atoms with Crippen molar-refractivity contribution < 1.29 is 29.4 Å². The Labute approximate surface area is 162 Å². The van der Waals surface area contributed by atoms with Crippen molar-refractivity contribution >= 4 is 17.7 Å². The van der Waals surface area contributed by atoms with Crippen molar-refractivity contribution in [2.24, 2.45) is 0 Å². The zero-order chi connectivity index (χ0) is 20.2. The van der Waals surface area contributed by atoms with Gasteiger partial charge in [0.25, 0.3) is 5.91 Å². The van der Waals surface area contributed by atoms with Gasteiger partial charge in [0, 0.05) is 23.7 Å². The lowest BCUT2D eigenvalue weighted by Gasteiger charge is -2.20. The Balaban J connectivity index is 2.18. The van der Waals surface area contributed by atoms with E-state index in [-0.39, 0.29) is 19.6 Å². The maximum absolute atomic E-state index is 12.3. The van der Waals surface area contributed by atoms with Gasteiger partial charge in [-0.3, -0.25) is 15.3 Å². The number of carbonyl (C=O) groups excluding carboxylic acids is 2. The van der Waals surface area contributed by atoms with Gasteiger partial charge in [-0.25, -0.2) is 10.3 Å². The minimum Gasteiger partial charge on any atom is -0.491 e. The predicted octanol–water partition coefficient (Wildman–Crippen LogP) is 2.80. The molecule has 0 spiro atoms. The van der Waals surface area contributed by atoms with Gasteiger partial charge in [0.15, 0.2) is 0 Å². The van der Waals surface area contributed by atoms with Gasteiger partial charge in [0.05, 0.1) is 6.61 Å². The third-order valence-electron chi connectivity index (χ3n) is 3.61. The summed E-state index contributed by atoms with van der Waals surface area (Å²) in [7, 11) is 0. The van der Waals surface area contributed by atoms with Crippen LogP contribution in [0, 0.1) is 0 Å². The SMILES string of the molecule is O=C(/C=C/C[C@@H](OC(=O)Nc1ccccc1)c1ccccc1OCCO)NO. The highest BCUT2D eigenvalue weighted by Gasteiger charge is 2.20. The largest absolute Gasteiger partial charge is 0.491 e. The van der Waals surface area contributed by atoms with Crippen LogP contribution in [0.15, 0.2) is 66.7 Å². The molecule has 8 heteroatoms. The second-order valence-corrected chi connectivity index (χ2v) is 5.61. The van der Waals surface area contributed by atoms with Crippen molar-refractivity contribution in [1.29, 1.82) is 0 Å². The Hall–Kier alpha value is -3.36. The molecule has 0 bridgehead atoms. The van der Waals surface area contributed by atoms with Crippen molar-refractivity contribution in [3.05, 3.63) is 72.3 Å². The number of aliphatic hydroxyl groups excluding tert-OH is 1. The molecule has 0 aliphatic heterocycles. The molecule has 2 aromatic carbocycles. The first-order chi connectivity index (χ1) is 13.6. The number of ether oxygens (including phenoxy) is 2. The van der Waals surface area contributed by atoms with Crippen molar-refractivity contribution in [2.45, 2.75) is 12.5 Å². The standard InChI is InChI=1S/C20H22N2O6/c23-13-14-27-17-10-5-4-9-16(17)18(11-6-12-19(24)22-26)28-20(25)21-15-7-2-1-3-8-15/h1-10,12,18,23,26H,11,13-14H2,(H,21,25)(H,22,24)/b12-6+/t18-/m1/s1. The van der Waals surface area contributed by atoms with Crippen molar-refractivity contribution in [3.63, 3.8) is 0 Å². The average Bonchev–Trinajstić information content (AvgIpc) is 2.72. The van der Waals surface area contributed by atoms with Crippen molar-refractivity contribution in [3.8, 4) is 5.75 Å². The van der Waals surface area contributed by atoms with Crippen LogP contribution in [0.5, 0.6) is 5.75 Å². The average molecular weight is 386 g/mol. The lowest BCUT2D eigenvalue weighted by Crippen LogP contribution is -2.18. The second kappa shape index (κ2) is 11.4. The van der Waals surface area contributed by atoms with Crippen LogP contribution in [-0.2, 0) is 9.53 Å². The number of hydrogen-bond acceptors (Lipinski definition) is 6. The number of para-hydroxylation sites is 2. The Kier molecular flexibility index (Phi) is 8.51. The Morgan fingerprint density at radius 1 is 1.07 bits per heavy atom. The molecule has 0 radical (unpaired) electrons. The molecule has 148 valence electrons. The fraction of sp³-hybridized carbons (Fsp3) is 0.200. The molecular weight excluding hydrogens is 364 g/mol. The molecule has 0 unspecified atom stereocenters. The molecule has 0 heterocycles. The van der Waals surface area contributed by atoms with E-state index in [4.69, 9.17) is 19.8 Å². The molecule has 0 aliphatic rings. The Bertz CT molecular complexity index is 794. The summed E-state index contributed by atoms with van der Waals surface area (Å²) in [6.07, 6.45) is 1.32. The highest BCUT2D eigenvalue weighted by atomic mass is 16.6. The molecule has 2 aromatic rings. The third kappa shape index (κ3) is 6.75. The lowest BCUT2D eigenvalue weighted by molar-refractivity contribution is -0.124. The molecule has 2 rings (SSSR count). The van der Waals surface area contributed by atoms with E-state index in [0.29, 0.717) is 17.0 Å². The fourth-order valence-corrected chi connectivity index (χ4v) is 2.41. The van der Waals surface area contributed by atoms with Gasteiger partial charge in [-0.2, -0.15) is 0 Å². The molecule has 0 aromatic heterocycles. The van der Waals surface area contributed by atoms with Gasteiger partial charge >= 0.3 is 6.09 Å². The first-order valence-corrected chi connectivity index (χ1v) is 8.60. The van der Waals surface area contributed by atoms with Crippen LogP contribution in [0.1, 0.15) is 18.1 Å². The van der Waals surface area contributed by atoms with E-state index >= 15 is 0 Å². The number of rotatable bonds is 9. The van der Waals surface area contributed by atoms with E-state index in [9.17, 15) is 9.59 Å². The summed E-state index contributed by atoms with van der Waals surface area (Å²) in [5, 5.41) is 20.2. The van der Waals surface area contributed by atoms with Crippen LogP contribution in [0.2, 0.25) is 0 Å². The van der Waals surface area contributed by atoms with Crippen LogP contribution < -0.4 is 15.5 Å². The topological polar surface area (TPSA) is 117 Å². The van der Waals surface area contributed by atoms with E-state index in [2.05, 4.69) is 5.32 Å². The van der Waals surface area contributed by atoms with Crippen LogP contribution in [-0.4, -0.2) is 35.5 Å². The van der Waals surface area contributed by atoms with Gasteiger partial charge in [-0.05, 0) is 18.2 Å². The number of carbonyl (C=O) groups is 2. The molecule has 0 aliphatic carbocycles. The summed E-state index contributed by atoms with van der Waals surface area (Å²) in [5.74, 6) is -0.244. The number of amides is 2. The van der Waals surface area contributed by atoms with E-state index < -0.39 is 18.1 Å². The maximum atomic E-state index is 12.3. The number of hydroxylamine groups is 1. The maximum Gasteiger partial charge on any atom is 0.412 e. The third-order valence-corrected chi connectivity index (χ3v) is 3.61. The smallest absolute Gasteiger partial charge is 0.412 e. The number of benzene rings is 2. The summed E-state index contributed by atoms with van der Waals surface area (Å²) in [5.41, 5.74) is 2.65. The van der Waals surface area contributed by atoms with Crippen LogP contribution >= 0.6 is 0 Å². The van der Waals surface area contributed by atoms with Gasteiger partial charge in [-0.15, -0.1) is 0 Å². The Morgan fingerprint density at radius 3 is 2.50 bits per heavy atom. The minimum absolute atomic E-state index is 0.0860. The number of nitrogens with one attached hydrogen (secondary N) is 2. The second-order valence-electron chi connectivity index (χ2n) is 5.61. The van der Waals surface area contributed by atoms with E-state index in [1.54, 1.807) is 48.5 Å².